The number of carbonyl (C=O) groups is 1. The number of hydrogen-bond acceptors (Lipinski definition) is 5. The summed E-state index contributed by atoms with van der Waals surface area (Å²) in [7, 11) is 0. The van der Waals surface area contributed by atoms with Crippen LogP contribution in [0.25, 0.3) is 0 Å². The van der Waals surface area contributed by atoms with E-state index in [0.29, 0.717) is 6.42 Å². The Morgan fingerprint density at radius 1 is 1.06 bits per heavy atom. The third-order valence-electron chi connectivity index (χ3n) is 3.21. The fraction of sp³-hybridized carbons (Fsp3) is 0.923. The zero-order chi connectivity index (χ0) is 13.4. The molecule has 1 saturated heterocycles. The molecule has 0 amide bonds. The van der Waals surface area contributed by atoms with E-state index in [4.69, 9.17) is 0 Å². The second-order valence-electron chi connectivity index (χ2n) is 4.86. The molecule has 1 rings (SSSR count). The van der Waals surface area contributed by atoms with Crippen LogP contribution in [-0.4, -0.2) is 28.4 Å². The van der Waals surface area contributed by atoms with Gasteiger partial charge in [0.15, 0.2) is 6.10 Å². The van der Waals surface area contributed by atoms with Crippen LogP contribution in [0, 0.1) is 0 Å². The van der Waals surface area contributed by atoms with Crippen molar-refractivity contribution in [3.8, 4) is 0 Å². The monoisotopic (exact) mass is 260 g/mol. The van der Waals surface area contributed by atoms with E-state index in [2.05, 4.69) is 16.4 Å². The molecule has 1 fully saturated rings. The summed E-state index contributed by atoms with van der Waals surface area (Å²) < 4.78 is 8.71. The van der Waals surface area contributed by atoms with Crippen molar-refractivity contribution >= 4 is 6.16 Å². The smallest absolute Gasteiger partial charge is 0.382 e. The lowest BCUT2D eigenvalue weighted by Crippen LogP contribution is -2.58. The first kappa shape index (κ1) is 15.2. The van der Waals surface area contributed by atoms with Gasteiger partial charge >= 0.3 is 12.1 Å². The Hall–Kier alpha value is -0.810. The minimum Gasteiger partial charge on any atom is -0.382 e. The molecule has 1 heterocycles. The molecule has 5 heteroatoms. The maximum Gasteiger partial charge on any atom is 0.518 e. The van der Waals surface area contributed by atoms with Gasteiger partial charge in [0.05, 0.1) is 0 Å². The maximum atomic E-state index is 10.4. The first-order valence-electron chi connectivity index (χ1n) is 6.91. The Bertz CT molecular complexity index is 246. The van der Waals surface area contributed by atoms with E-state index in [9.17, 15) is 15.0 Å². The molecule has 1 unspecified atom stereocenters. The van der Waals surface area contributed by atoms with Crippen molar-refractivity contribution in [1.29, 1.82) is 0 Å². The third-order valence-corrected chi connectivity index (χ3v) is 3.21. The number of carbonyl (C=O) groups excluding carboxylic acids is 1. The zero-order valence-corrected chi connectivity index (χ0v) is 11.1. The van der Waals surface area contributed by atoms with Crippen molar-refractivity contribution in [2.75, 3.05) is 0 Å². The summed E-state index contributed by atoms with van der Waals surface area (Å²) in [4.78, 5) is 10.4. The number of aliphatic hydroxyl groups is 2. The molecule has 5 nitrogen and oxygen atoms in total. The Morgan fingerprint density at radius 3 is 2.06 bits per heavy atom. The number of aliphatic hydroxyl groups excluding tert-OH is 1. The summed E-state index contributed by atoms with van der Waals surface area (Å²) in [5, 5.41) is 19.0. The third kappa shape index (κ3) is 4.82. The number of unbranched alkanes of at least 4 members (excludes halogenated alkanes) is 7. The van der Waals surface area contributed by atoms with Gasteiger partial charge in [0.1, 0.15) is 0 Å². The fourth-order valence-corrected chi connectivity index (χ4v) is 2.04. The lowest BCUT2D eigenvalue weighted by Gasteiger charge is -2.37. The summed E-state index contributed by atoms with van der Waals surface area (Å²) >= 11 is 0. The average Bonchev–Trinajstić information content (AvgIpc) is 2.30. The van der Waals surface area contributed by atoms with Crippen LogP contribution in [0.5, 0.6) is 0 Å². The molecule has 0 aliphatic carbocycles. The molecule has 106 valence electrons. The SMILES string of the molecule is CCCCCCCCCCC(O)C1(O)OC(=O)O1. The van der Waals surface area contributed by atoms with Crippen LogP contribution in [0.15, 0.2) is 0 Å². The summed E-state index contributed by atoms with van der Waals surface area (Å²) in [6.45, 7) is 2.20. The molecule has 18 heavy (non-hydrogen) atoms. The van der Waals surface area contributed by atoms with Crippen LogP contribution in [0.4, 0.5) is 4.79 Å². The molecule has 0 spiro atoms. The first-order valence-corrected chi connectivity index (χ1v) is 6.91. The zero-order valence-electron chi connectivity index (χ0n) is 11.1. The molecule has 0 bridgehead atoms. The van der Waals surface area contributed by atoms with Gasteiger partial charge in [0.25, 0.3) is 0 Å². The molecule has 0 aromatic rings. The van der Waals surface area contributed by atoms with Crippen molar-refractivity contribution in [1.82, 2.24) is 0 Å². The lowest BCUT2D eigenvalue weighted by atomic mass is 10.0. The van der Waals surface area contributed by atoms with Gasteiger partial charge in [-0.1, -0.05) is 58.3 Å². The van der Waals surface area contributed by atoms with Crippen LogP contribution in [0.3, 0.4) is 0 Å². The highest BCUT2D eigenvalue weighted by atomic mass is 17.0. The van der Waals surface area contributed by atoms with Crippen molar-refractivity contribution in [2.24, 2.45) is 0 Å². The van der Waals surface area contributed by atoms with E-state index in [1.807, 2.05) is 0 Å². The Kier molecular flexibility index (Phi) is 6.43. The molecule has 1 aliphatic rings. The number of hydrogen-bond donors (Lipinski definition) is 2. The highest BCUT2D eigenvalue weighted by Gasteiger charge is 2.53. The topological polar surface area (TPSA) is 76.0 Å². The Balaban J connectivity index is 1.93. The predicted molar refractivity (Wildman–Crippen MR) is 65.7 cm³/mol. The Labute approximate surface area is 108 Å². The highest BCUT2D eigenvalue weighted by Crippen LogP contribution is 2.28. The van der Waals surface area contributed by atoms with Crippen molar-refractivity contribution in [3.63, 3.8) is 0 Å². The molecule has 0 aromatic heterocycles. The summed E-state index contributed by atoms with van der Waals surface area (Å²) in [6, 6.07) is 0. The van der Waals surface area contributed by atoms with Gasteiger partial charge in [0.2, 0.25) is 0 Å². The van der Waals surface area contributed by atoms with Crippen LogP contribution in [0.2, 0.25) is 0 Å². The minimum absolute atomic E-state index is 0.374. The second kappa shape index (κ2) is 7.59. The van der Waals surface area contributed by atoms with Crippen LogP contribution in [0.1, 0.15) is 64.7 Å². The fourth-order valence-electron chi connectivity index (χ4n) is 2.04. The van der Waals surface area contributed by atoms with E-state index in [1.165, 1.54) is 32.1 Å². The molecule has 1 atom stereocenters. The molecule has 2 N–H and O–H groups in total. The summed E-state index contributed by atoms with van der Waals surface area (Å²) in [6.07, 6.45) is 7.54. The van der Waals surface area contributed by atoms with E-state index in [-0.39, 0.29) is 0 Å². The summed E-state index contributed by atoms with van der Waals surface area (Å²) in [5.74, 6) is -2.10. The molecular formula is C13H24O5. The van der Waals surface area contributed by atoms with Gasteiger partial charge in [-0.2, -0.15) is 0 Å². The lowest BCUT2D eigenvalue weighted by molar-refractivity contribution is -0.419. The van der Waals surface area contributed by atoms with E-state index < -0.39 is 18.2 Å². The first-order chi connectivity index (χ1) is 8.58. The van der Waals surface area contributed by atoms with Gasteiger partial charge in [-0.25, -0.2) is 4.79 Å². The largest absolute Gasteiger partial charge is 0.518 e. The number of cyclic esters (lactones) is 2. The molecule has 1 aliphatic heterocycles. The molecule has 0 aromatic carbocycles. The number of ether oxygens (including phenoxy) is 2. The second-order valence-corrected chi connectivity index (χ2v) is 4.86. The minimum atomic E-state index is -2.10. The molecule has 0 saturated carbocycles. The van der Waals surface area contributed by atoms with E-state index >= 15 is 0 Å². The summed E-state index contributed by atoms with van der Waals surface area (Å²) in [5.41, 5.74) is 0. The Morgan fingerprint density at radius 2 is 1.56 bits per heavy atom. The standard InChI is InChI=1S/C13H24O5/c1-2-3-4-5-6-7-8-9-10-11(14)13(16)17-12(15)18-13/h11,14,16H,2-10H2,1H3. The molecular weight excluding hydrogens is 236 g/mol. The van der Waals surface area contributed by atoms with Gasteiger partial charge < -0.3 is 19.7 Å². The van der Waals surface area contributed by atoms with Crippen LogP contribution in [-0.2, 0) is 9.47 Å². The highest BCUT2D eigenvalue weighted by molar-refractivity contribution is 5.65. The van der Waals surface area contributed by atoms with Crippen molar-refractivity contribution in [2.45, 2.75) is 76.8 Å². The van der Waals surface area contributed by atoms with Gasteiger partial charge in [-0.05, 0) is 6.42 Å². The van der Waals surface area contributed by atoms with Gasteiger partial charge in [0, 0.05) is 0 Å². The normalized spacial score (nSPS) is 18.7. The van der Waals surface area contributed by atoms with Crippen molar-refractivity contribution in [3.05, 3.63) is 0 Å². The van der Waals surface area contributed by atoms with Gasteiger partial charge in [-0.3, -0.25) is 0 Å². The predicted octanol–water partition coefficient (Wildman–Crippen LogP) is 2.69. The maximum absolute atomic E-state index is 10.4. The van der Waals surface area contributed by atoms with Crippen molar-refractivity contribution < 1.29 is 24.5 Å². The quantitative estimate of drug-likeness (QED) is 0.466. The average molecular weight is 260 g/mol. The number of rotatable bonds is 10. The van der Waals surface area contributed by atoms with E-state index in [0.717, 1.165) is 19.3 Å². The van der Waals surface area contributed by atoms with Gasteiger partial charge in [-0.15, -0.1) is 0 Å². The van der Waals surface area contributed by atoms with Crippen LogP contribution >= 0.6 is 0 Å². The van der Waals surface area contributed by atoms with E-state index in [1.54, 1.807) is 0 Å². The molecule has 0 radical (unpaired) electrons. The van der Waals surface area contributed by atoms with Crippen LogP contribution < -0.4 is 0 Å².